The maximum atomic E-state index is 13.0. The third-order valence-electron chi connectivity index (χ3n) is 5.80. The largest absolute Gasteiger partial charge is 0.481 e. The molecule has 0 aromatic carbocycles. The molecule has 0 unspecified atom stereocenters. The average Bonchev–Trinajstić information content (AvgIpc) is 2.76. The predicted octanol–water partition coefficient (Wildman–Crippen LogP) is 2.62. The molecule has 144 valence electrons. The fourth-order valence-electron chi connectivity index (χ4n) is 4.16. The maximum Gasteiger partial charge on any atom is 0.305 e. The number of carbonyl (C=O) groups excluding carboxylic acids is 1. The van der Waals surface area contributed by atoms with E-state index in [1.807, 2.05) is 0 Å². The molecule has 2 aromatic heterocycles. The minimum Gasteiger partial charge on any atom is -0.481 e. The molecule has 0 spiro atoms. The molecule has 0 atom stereocenters. The van der Waals surface area contributed by atoms with E-state index >= 15 is 0 Å². The highest BCUT2D eigenvalue weighted by Crippen LogP contribution is 2.36. The number of hydrogen-bond acceptors (Lipinski definition) is 5. The van der Waals surface area contributed by atoms with Crippen molar-refractivity contribution in [3.05, 3.63) is 26.6 Å². The number of aliphatic carboxylic acids is 1. The lowest BCUT2D eigenvalue weighted by atomic mass is 9.74. The number of nitrogens with zero attached hydrogens (tertiary/aromatic N) is 2. The van der Waals surface area contributed by atoms with E-state index < -0.39 is 11.5 Å². The number of aryl methyl sites for hydroxylation is 2. The van der Waals surface area contributed by atoms with Crippen LogP contribution in [-0.2, 0) is 17.8 Å². The van der Waals surface area contributed by atoms with Gasteiger partial charge in [0.2, 0.25) is 0 Å². The molecule has 1 fully saturated rings. The van der Waals surface area contributed by atoms with Crippen molar-refractivity contribution in [2.24, 2.45) is 0 Å². The Balaban J connectivity index is 1.71. The van der Waals surface area contributed by atoms with Gasteiger partial charge in [0, 0.05) is 13.0 Å². The number of amides is 1. The molecule has 2 N–H and O–H groups in total. The molecule has 8 heteroatoms. The van der Waals surface area contributed by atoms with E-state index in [1.54, 1.807) is 11.5 Å². The fraction of sp³-hybridized carbons (Fsp3) is 0.579. The fourth-order valence-corrected chi connectivity index (χ4v) is 5.25. The molecule has 2 aromatic rings. The first-order valence-electron chi connectivity index (χ1n) is 9.47. The minimum atomic E-state index is -0.910. The van der Waals surface area contributed by atoms with E-state index in [1.165, 1.54) is 11.3 Å². The lowest BCUT2D eigenvalue weighted by Crippen LogP contribution is -2.54. The summed E-state index contributed by atoms with van der Waals surface area (Å²) in [6, 6.07) is 0. The third-order valence-corrected chi connectivity index (χ3v) is 6.98. The smallest absolute Gasteiger partial charge is 0.305 e. The van der Waals surface area contributed by atoms with Crippen LogP contribution in [0.1, 0.15) is 66.0 Å². The van der Waals surface area contributed by atoms with Crippen molar-refractivity contribution in [3.8, 4) is 0 Å². The van der Waals surface area contributed by atoms with Gasteiger partial charge in [0.1, 0.15) is 10.7 Å². The first kappa shape index (κ1) is 18.2. The van der Waals surface area contributed by atoms with E-state index in [9.17, 15) is 14.4 Å². The van der Waals surface area contributed by atoms with E-state index in [4.69, 9.17) is 5.11 Å². The first-order valence-corrected chi connectivity index (χ1v) is 10.3. The van der Waals surface area contributed by atoms with Gasteiger partial charge >= 0.3 is 5.97 Å². The van der Waals surface area contributed by atoms with Crippen molar-refractivity contribution in [1.82, 2.24) is 14.9 Å². The van der Waals surface area contributed by atoms with Crippen LogP contribution in [0, 0.1) is 6.92 Å². The number of carboxylic acids is 1. The van der Waals surface area contributed by atoms with Crippen molar-refractivity contribution in [2.75, 3.05) is 0 Å². The zero-order valence-corrected chi connectivity index (χ0v) is 16.2. The second-order valence-electron chi connectivity index (χ2n) is 7.69. The molecule has 27 heavy (non-hydrogen) atoms. The molecule has 1 aliphatic carbocycles. The quantitative estimate of drug-likeness (QED) is 0.837. The van der Waals surface area contributed by atoms with Crippen molar-refractivity contribution < 1.29 is 14.7 Å². The van der Waals surface area contributed by atoms with Gasteiger partial charge in [-0.05, 0) is 44.6 Å². The van der Waals surface area contributed by atoms with E-state index in [2.05, 4.69) is 10.3 Å². The Labute approximate surface area is 160 Å². The second kappa shape index (κ2) is 6.74. The number of hydrogen-bond donors (Lipinski definition) is 2. The van der Waals surface area contributed by atoms with Gasteiger partial charge in [0.25, 0.3) is 11.5 Å². The van der Waals surface area contributed by atoms with Crippen LogP contribution < -0.4 is 10.9 Å². The summed E-state index contributed by atoms with van der Waals surface area (Å²) in [5.41, 5.74) is -0.0755. The summed E-state index contributed by atoms with van der Waals surface area (Å²) in [4.78, 5) is 42.8. The summed E-state index contributed by atoms with van der Waals surface area (Å²) in [5.74, 6) is -0.401. The Hall–Kier alpha value is -2.22. The summed E-state index contributed by atoms with van der Waals surface area (Å²) in [5, 5.41) is 12.6. The van der Waals surface area contributed by atoms with Crippen LogP contribution in [0.15, 0.2) is 4.79 Å². The van der Waals surface area contributed by atoms with Crippen molar-refractivity contribution in [1.29, 1.82) is 0 Å². The molecule has 0 saturated heterocycles. The monoisotopic (exact) mass is 389 g/mol. The van der Waals surface area contributed by atoms with Crippen LogP contribution in [0.4, 0.5) is 0 Å². The molecule has 7 nitrogen and oxygen atoms in total. The molecule has 0 radical (unpaired) electrons. The third kappa shape index (κ3) is 3.16. The topological polar surface area (TPSA) is 101 Å². The van der Waals surface area contributed by atoms with E-state index in [0.29, 0.717) is 40.0 Å². The lowest BCUT2D eigenvalue weighted by Gasteiger charge is -2.41. The Kier molecular flexibility index (Phi) is 4.53. The van der Waals surface area contributed by atoms with E-state index in [0.717, 1.165) is 37.9 Å². The number of fused-ring (bicyclic) bond motifs is 2. The van der Waals surface area contributed by atoms with E-state index in [-0.39, 0.29) is 17.9 Å². The Morgan fingerprint density at radius 3 is 2.70 bits per heavy atom. The van der Waals surface area contributed by atoms with Crippen LogP contribution in [0.25, 0.3) is 10.2 Å². The number of rotatable bonds is 4. The first-order chi connectivity index (χ1) is 12.9. The van der Waals surface area contributed by atoms with Crippen LogP contribution in [0.2, 0.25) is 0 Å². The van der Waals surface area contributed by atoms with Crippen molar-refractivity contribution >= 4 is 33.4 Å². The van der Waals surface area contributed by atoms with Crippen molar-refractivity contribution in [3.63, 3.8) is 0 Å². The van der Waals surface area contributed by atoms with Crippen LogP contribution in [-0.4, -0.2) is 32.1 Å². The zero-order chi connectivity index (χ0) is 19.2. The standard InChI is InChI=1S/C19H23N3O4S/c1-11-14-17(20-12-6-3-2-4-9-22(12)18(14)26)27-15(11)16(25)21-19(7-5-8-19)10-13(23)24/h2-10H2,1H3,(H,21,25)(H,23,24). The Bertz CT molecular complexity index is 987. The lowest BCUT2D eigenvalue weighted by molar-refractivity contribution is -0.139. The highest BCUT2D eigenvalue weighted by molar-refractivity contribution is 7.20. The Morgan fingerprint density at radius 1 is 1.26 bits per heavy atom. The van der Waals surface area contributed by atoms with Gasteiger partial charge in [-0.15, -0.1) is 11.3 Å². The van der Waals surface area contributed by atoms with Gasteiger partial charge in [0.15, 0.2) is 0 Å². The summed E-state index contributed by atoms with van der Waals surface area (Å²) in [6.45, 7) is 2.46. The number of thiophene rings is 1. The highest BCUT2D eigenvalue weighted by atomic mass is 32.1. The van der Waals surface area contributed by atoms with Crippen molar-refractivity contribution in [2.45, 2.75) is 70.4 Å². The van der Waals surface area contributed by atoms with Gasteiger partial charge < -0.3 is 10.4 Å². The molecule has 1 amide bonds. The summed E-state index contributed by atoms with van der Waals surface area (Å²) in [7, 11) is 0. The van der Waals surface area contributed by atoms with Crippen LogP contribution >= 0.6 is 11.3 Å². The molecule has 0 bridgehead atoms. The number of carboxylic acid groups (broad SMARTS) is 1. The predicted molar refractivity (Wildman–Crippen MR) is 102 cm³/mol. The summed E-state index contributed by atoms with van der Waals surface area (Å²) in [6.07, 6.45) is 6.04. The number of aromatic nitrogens is 2. The van der Waals surface area contributed by atoms with Gasteiger partial charge in [0.05, 0.1) is 22.2 Å². The maximum absolute atomic E-state index is 13.0. The zero-order valence-electron chi connectivity index (χ0n) is 15.3. The summed E-state index contributed by atoms with van der Waals surface area (Å²) >= 11 is 1.24. The van der Waals surface area contributed by atoms with Gasteiger partial charge in [-0.2, -0.15) is 0 Å². The Morgan fingerprint density at radius 2 is 2.04 bits per heavy atom. The SMILES string of the molecule is Cc1c(C(=O)NC2(CC(=O)O)CCC2)sc2nc3n(c(=O)c12)CCCCC3. The van der Waals surface area contributed by atoms with Gasteiger partial charge in [-0.1, -0.05) is 6.42 Å². The molecular formula is C19H23N3O4S. The molecule has 3 heterocycles. The molecular weight excluding hydrogens is 366 g/mol. The molecule has 4 rings (SSSR count). The minimum absolute atomic E-state index is 0.0615. The average molecular weight is 389 g/mol. The van der Waals surface area contributed by atoms with Gasteiger partial charge in [-0.25, -0.2) is 4.98 Å². The number of carbonyl (C=O) groups is 2. The normalized spacial score (nSPS) is 18.4. The molecule has 1 aliphatic heterocycles. The highest BCUT2D eigenvalue weighted by Gasteiger charge is 2.41. The van der Waals surface area contributed by atoms with Crippen LogP contribution in [0.3, 0.4) is 0 Å². The number of nitrogens with one attached hydrogen (secondary N) is 1. The molecule has 1 saturated carbocycles. The molecule has 2 aliphatic rings. The van der Waals surface area contributed by atoms with Gasteiger partial charge in [-0.3, -0.25) is 19.0 Å². The van der Waals surface area contributed by atoms with Crippen LogP contribution in [0.5, 0.6) is 0 Å². The second-order valence-corrected chi connectivity index (χ2v) is 8.69. The summed E-state index contributed by atoms with van der Waals surface area (Å²) < 4.78 is 1.76.